The highest BCUT2D eigenvalue weighted by atomic mass is 16.6. The van der Waals surface area contributed by atoms with Crippen LogP contribution in [0.5, 0.6) is 0 Å². The average Bonchev–Trinajstić information content (AvgIpc) is 2.73. The third-order valence-electron chi connectivity index (χ3n) is 4.62. The lowest BCUT2D eigenvalue weighted by atomic mass is 10.1. The molecule has 1 heterocycles. The van der Waals surface area contributed by atoms with Gasteiger partial charge in [-0.15, -0.1) is 0 Å². The summed E-state index contributed by atoms with van der Waals surface area (Å²) in [7, 11) is 0. The Labute approximate surface area is 166 Å². The van der Waals surface area contributed by atoms with E-state index < -0.39 is 4.92 Å². The van der Waals surface area contributed by atoms with Crippen LogP contribution in [0.4, 0.5) is 5.69 Å². The van der Waals surface area contributed by atoms with Gasteiger partial charge in [0.05, 0.1) is 21.5 Å². The van der Waals surface area contributed by atoms with Crippen LogP contribution in [0.2, 0.25) is 0 Å². The molecule has 0 amide bonds. The second kappa shape index (κ2) is 7.52. The second-order valence-corrected chi connectivity index (χ2v) is 6.65. The van der Waals surface area contributed by atoms with Gasteiger partial charge in [0, 0.05) is 12.1 Å². The van der Waals surface area contributed by atoms with Crippen molar-refractivity contribution in [3.05, 3.63) is 110 Å². The summed E-state index contributed by atoms with van der Waals surface area (Å²) in [6.45, 7) is 1.99. The Morgan fingerprint density at radius 1 is 0.931 bits per heavy atom. The van der Waals surface area contributed by atoms with Gasteiger partial charge >= 0.3 is 0 Å². The van der Waals surface area contributed by atoms with Crippen molar-refractivity contribution < 1.29 is 4.92 Å². The number of hydrogen-bond acceptors (Lipinski definition) is 4. The maximum Gasteiger partial charge on any atom is 0.269 e. The van der Waals surface area contributed by atoms with Crippen LogP contribution >= 0.6 is 0 Å². The maximum atomic E-state index is 13.2. The Morgan fingerprint density at radius 2 is 1.62 bits per heavy atom. The highest BCUT2D eigenvalue weighted by Crippen LogP contribution is 2.17. The first-order chi connectivity index (χ1) is 14.0. The van der Waals surface area contributed by atoms with Crippen molar-refractivity contribution in [3.63, 3.8) is 0 Å². The summed E-state index contributed by atoms with van der Waals surface area (Å²) in [6, 6.07) is 21.1. The molecule has 0 bridgehead atoms. The summed E-state index contributed by atoms with van der Waals surface area (Å²) in [5, 5.41) is 11.4. The summed E-state index contributed by atoms with van der Waals surface area (Å²) in [4.78, 5) is 28.2. The smallest absolute Gasteiger partial charge is 0.268 e. The molecule has 1 aromatic heterocycles. The Balaban J connectivity index is 1.86. The molecule has 0 aliphatic rings. The van der Waals surface area contributed by atoms with E-state index in [1.807, 2.05) is 43.3 Å². The van der Waals surface area contributed by atoms with Crippen LogP contribution in [0.25, 0.3) is 28.7 Å². The molecule has 0 aliphatic heterocycles. The first-order valence-corrected chi connectivity index (χ1v) is 9.04. The van der Waals surface area contributed by atoms with Crippen LogP contribution in [0.15, 0.2) is 77.6 Å². The number of fused-ring (bicyclic) bond motifs is 1. The minimum absolute atomic E-state index is 0.0301. The van der Waals surface area contributed by atoms with Crippen LogP contribution in [-0.4, -0.2) is 14.5 Å². The third-order valence-corrected chi connectivity index (χ3v) is 4.62. The van der Waals surface area contributed by atoms with E-state index in [1.165, 1.54) is 12.1 Å². The van der Waals surface area contributed by atoms with Crippen LogP contribution in [0, 0.1) is 17.0 Å². The predicted octanol–water partition coefficient (Wildman–Crippen LogP) is 4.77. The quantitative estimate of drug-likeness (QED) is 0.375. The lowest BCUT2D eigenvalue weighted by Gasteiger charge is -2.11. The Kier molecular flexibility index (Phi) is 4.75. The van der Waals surface area contributed by atoms with Gasteiger partial charge in [0.2, 0.25) is 0 Å². The number of non-ortho nitro benzene ring substituents is 1. The number of nitro groups is 1. The highest BCUT2D eigenvalue weighted by Gasteiger charge is 2.11. The Bertz CT molecular complexity index is 1290. The van der Waals surface area contributed by atoms with E-state index in [0.717, 1.165) is 16.8 Å². The number of para-hydroxylation sites is 1. The molecule has 6 nitrogen and oxygen atoms in total. The fourth-order valence-electron chi connectivity index (χ4n) is 3.08. The molecule has 29 heavy (non-hydrogen) atoms. The summed E-state index contributed by atoms with van der Waals surface area (Å²) >= 11 is 0. The van der Waals surface area contributed by atoms with Gasteiger partial charge in [-0.05, 0) is 55.0 Å². The van der Waals surface area contributed by atoms with Gasteiger partial charge in [-0.2, -0.15) is 0 Å². The summed E-state index contributed by atoms with van der Waals surface area (Å²) in [5.41, 5.74) is 3.09. The van der Waals surface area contributed by atoms with Crippen molar-refractivity contribution >= 4 is 28.7 Å². The minimum Gasteiger partial charge on any atom is -0.268 e. The largest absolute Gasteiger partial charge is 0.269 e. The van der Waals surface area contributed by atoms with E-state index in [4.69, 9.17) is 0 Å². The molecule has 0 spiro atoms. The lowest BCUT2D eigenvalue weighted by molar-refractivity contribution is -0.384. The molecule has 6 heteroatoms. The third kappa shape index (κ3) is 3.68. The molecule has 0 aliphatic carbocycles. The van der Waals surface area contributed by atoms with Crippen molar-refractivity contribution in [1.82, 2.24) is 9.55 Å². The van der Waals surface area contributed by atoms with E-state index in [2.05, 4.69) is 4.98 Å². The molecule has 4 aromatic rings. The minimum atomic E-state index is -0.437. The zero-order valence-corrected chi connectivity index (χ0v) is 15.6. The van der Waals surface area contributed by atoms with Crippen LogP contribution < -0.4 is 5.56 Å². The molecule has 0 atom stereocenters. The van der Waals surface area contributed by atoms with Gasteiger partial charge in [0.15, 0.2) is 0 Å². The van der Waals surface area contributed by atoms with E-state index >= 15 is 0 Å². The standard InChI is InChI=1S/C23H17N3O3/c1-16-6-11-18(12-7-16)25-22(24-21-5-3-2-4-20(21)23(25)27)15-10-17-8-13-19(14-9-17)26(28)29/h2-15H,1H3. The van der Waals surface area contributed by atoms with Gasteiger partial charge in [-0.25, -0.2) is 4.98 Å². The molecule has 0 unspecified atom stereocenters. The lowest BCUT2D eigenvalue weighted by Crippen LogP contribution is -2.22. The van der Waals surface area contributed by atoms with E-state index in [9.17, 15) is 14.9 Å². The molecule has 0 saturated heterocycles. The Hall–Kier alpha value is -4.06. The number of nitrogens with zero attached hydrogens (tertiary/aromatic N) is 3. The fraction of sp³-hybridized carbons (Fsp3) is 0.0435. The molecule has 0 fully saturated rings. The highest BCUT2D eigenvalue weighted by molar-refractivity contribution is 5.80. The number of rotatable bonds is 4. The maximum absolute atomic E-state index is 13.2. The summed E-state index contributed by atoms with van der Waals surface area (Å²) in [5.74, 6) is 0.482. The number of benzene rings is 3. The number of nitro benzene ring substituents is 1. The van der Waals surface area contributed by atoms with Gasteiger partial charge in [-0.3, -0.25) is 19.5 Å². The number of aromatic nitrogens is 2. The molecule has 0 N–H and O–H groups in total. The molecular weight excluding hydrogens is 366 g/mol. The normalized spacial score (nSPS) is 11.2. The van der Waals surface area contributed by atoms with Crippen LogP contribution in [0.3, 0.4) is 0 Å². The van der Waals surface area contributed by atoms with Crippen molar-refractivity contribution in [2.45, 2.75) is 6.92 Å². The summed E-state index contributed by atoms with van der Waals surface area (Å²) < 4.78 is 1.57. The topological polar surface area (TPSA) is 78.0 Å². The van der Waals surface area contributed by atoms with Crippen molar-refractivity contribution in [2.75, 3.05) is 0 Å². The fourth-order valence-corrected chi connectivity index (χ4v) is 3.08. The van der Waals surface area contributed by atoms with Crippen molar-refractivity contribution in [3.8, 4) is 5.69 Å². The van der Waals surface area contributed by atoms with Crippen LogP contribution in [-0.2, 0) is 0 Å². The van der Waals surface area contributed by atoms with Crippen LogP contribution in [0.1, 0.15) is 17.0 Å². The zero-order valence-electron chi connectivity index (χ0n) is 15.6. The molecule has 4 rings (SSSR count). The predicted molar refractivity (Wildman–Crippen MR) is 114 cm³/mol. The Morgan fingerprint density at radius 3 is 2.31 bits per heavy atom. The second-order valence-electron chi connectivity index (χ2n) is 6.65. The first-order valence-electron chi connectivity index (χ1n) is 9.04. The molecule has 0 saturated carbocycles. The van der Waals surface area contributed by atoms with Gasteiger partial charge in [-0.1, -0.05) is 35.9 Å². The van der Waals surface area contributed by atoms with E-state index in [-0.39, 0.29) is 11.2 Å². The molecule has 3 aromatic carbocycles. The van der Waals surface area contributed by atoms with Crippen molar-refractivity contribution in [2.24, 2.45) is 0 Å². The van der Waals surface area contributed by atoms with Gasteiger partial charge in [0.1, 0.15) is 5.82 Å². The molecule has 0 radical (unpaired) electrons. The monoisotopic (exact) mass is 383 g/mol. The summed E-state index contributed by atoms with van der Waals surface area (Å²) in [6.07, 6.45) is 3.53. The number of hydrogen-bond donors (Lipinski definition) is 0. The zero-order chi connectivity index (χ0) is 20.4. The van der Waals surface area contributed by atoms with E-state index in [1.54, 1.807) is 41.0 Å². The van der Waals surface area contributed by atoms with Gasteiger partial charge in [0.25, 0.3) is 11.2 Å². The van der Waals surface area contributed by atoms with Gasteiger partial charge < -0.3 is 0 Å². The SMILES string of the molecule is Cc1ccc(-n2c(C=Cc3ccc([N+](=O)[O-])cc3)nc3ccccc3c2=O)cc1. The van der Waals surface area contributed by atoms with Crippen molar-refractivity contribution in [1.29, 1.82) is 0 Å². The molecule has 142 valence electrons. The first kappa shape index (κ1) is 18.3. The number of aryl methyl sites for hydroxylation is 1. The van der Waals surface area contributed by atoms with E-state index in [0.29, 0.717) is 16.7 Å². The molecular formula is C23H17N3O3. The average molecular weight is 383 g/mol.